The van der Waals surface area contributed by atoms with Crippen LogP contribution in [0, 0.1) is 6.92 Å². The zero-order valence-corrected chi connectivity index (χ0v) is 12.3. The van der Waals surface area contributed by atoms with Crippen LogP contribution in [0.15, 0.2) is 18.3 Å². The van der Waals surface area contributed by atoms with Gasteiger partial charge in [0, 0.05) is 11.9 Å². The lowest BCUT2D eigenvalue weighted by Gasteiger charge is -2.18. The van der Waals surface area contributed by atoms with Crippen LogP contribution in [-0.4, -0.2) is 17.6 Å². The van der Waals surface area contributed by atoms with E-state index in [-0.39, 0.29) is 11.9 Å². The number of aryl methyl sites for hydroxylation is 1. The Morgan fingerprint density at radius 3 is 2.79 bits per heavy atom. The second-order valence-electron chi connectivity index (χ2n) is 4.88. The lowest BCUT2D eigenvalue weighted by Crippen LogP contribution is -2.12. The number of pyridine rings is 1. The molecule has 106 valence electrons. The van der Waals surface area contributed by atoms with Gasteiger partial charge >= 0.3 is 5.97 Å². The molecule has 0 saturated carbocycles. The van der Waals surface area contributed by atoms with Gasteiger partial charge < -0.3 is 4.74 Å². The molecule has 1 heterocycles. The number of esters is 1. The molecule has 0 aliphatic rings. The topological polar surface area (TPSA) is 39.2 Å². The summed E-state index contributed by atoms with van der Waals surface area (Å²) in [6, 6.07) is 4.03. The lowest BCUT2D eigenvalue weighted by molar-refractivity contribution is -0.143. The molecule has 0 aromatic carbocycles. The molecule has 1 unspecified atom stereocenters. The summed E-state index contributed by atoms with van der Waals surface area (Å²) >= 11 is 0. The van der Waals surface area contributed by atoms with Crippen molar-refractivity contribution in [3.63, 3.8) is 0 Å². The zero-order chi connectivity index (χ0) is 14.1. The van der Waals surface area contributed by atoms with E-state index in [0.717, 1.165) is 18.5 Å². The van der Waals surface area contributed by atoms with Crippen LogP contribution in [-0.2, 0) is 9.53 Å². The SMILES string of the molecule is CCCCCC(CC(=O)OCC)c1cccnc1C. The van der Waals surface area contributed by atoms with Crippen LogP contribution in [0.5, 0.6) is 0 Å². The Bertz CT molecular complexity index is 390. The van der Waals surface area contributed by atoms with E-state index in [9.17, 15) is 4.79 Å². The maximum absolute atomic E-state index is 11.7. The minimum atomic E-state index is -0.104. The molecule has 19 heavy (non-hydrogen) atoms. The number of hydrogen-bond donors (Lipinski definition) is 0. The number of rotatable bonds is 8. The number of carbonyl (C=O) groups is 1. The van der Waals surface area contributed by atoms with Gasteiger partial charge in [0.05, 0.1) is 13.0 Å². The number of ether oxygens (including phenoxy) is 1. The van der Waals surface area contributed by atoms with E-state index in [0.29, 0.717) is 13.0 Å². The summed E-state index contributed by atoms with van der Waals surface area (Å²) in [6.07, 6.45) is 6.83. The third kappa shape index (κ3) is 5.41. The Labute approximate surface area is 116 Å². The van der Waals surface area contributed by atoms with Gasteiger partial charge in [-0.25, -0.2) is 0 Å². The summed E-state index contributed by atoms with van der Waals surface area (Å²) in [6.45, 7) is 6.49. The van der Waals surface area contributed by atoms with Gasteiger partial charge in [-0.3, -0.25) is 9.78 Å². The number of nitrogens with zero attached hydrogens (tertiary/aromatic N) is 1. The number of carbonyl (C=O) groups excluding carboxylic acids is 1. The van der Waals surface area contributed by atoms with E-state index in [1.165, 1.54) is 18.4 Å². The third-order valence-corrected chi connectivity index (χ3v) is 3.36. The summed E-state index contributed by atoms with van der Waals surface area (Å²) in [7, 11) is 0. The van der Waals surface area contributed by atoms with Crippen LogP contribution in [0.25, 0.3) is 0 Å². The highest BCUT2D eigenvalue weighted by Gasteiger charge is 2.18. The fraction of sp³-hybridized carbons (Fsp3) is 0.625. The Kier molecular flexibility index (Phi) is 7.16. The maximum atomic E-state index is 11.7. The van der Waals surface area contributed by atoms with Crippen LogP contribution in [0.3, 0.4) is 0 Å². The zero-order valence-electron chi connectivity index (χ0n) is 12.3. The molecular weight excluding hydrogens is 238 g/mol. The predicted molar refractivity (Wildman–Crippen MR) is 77.1 cm³/mol. The maximum Gasteiger partial charge on any atom is 0.306 e. The Balaban J connectivity index is 2.74. The molecule has 0 N–H and O–H groups in total. The molecule has 0 saturated heterocycles. The minimum Gasteiger partial charge on any atom is -0.466 e. The van der Waals surface area contributed by atoms with Crippen molar-refractivity contribution in [2.45, 2.75) is 58.8 Å². The highest BCUT2D eigenvalue weighted by atomic mass is 16.5. The molecule has 1 rings (SSSR count). The van der Waals surface area contributed by atoms with Crippen LogP contribution in [0.4, 0.5) is 0 Å². The molecule has 0 amide bonds. The van der Waals surface area contributed by atoms with Gasteiger partial charge in [-0.1, -0.05) is 32.3 Å². The van der Waals surface area contributed by atoms with Crippen molar-refractivity contribution in [1.82, 2.24) is 4.98 Å². The molecule has 0 spiro atoms. The number of hydrogen-bond acceptors (Lipinski definition) is 3. The monoisotopic (exact) mass is 263 g/mol. The van der Waals surface area contributed by atoms with E-state index in [4.69, 9.17) is 4.74 Å². The van der Waals surface area contributed by atoms with Crippen molar-refractivity contribution >= 4 is 5.97 Å². The lowest BCUT2D eigenvalue weighted by atomic mass is 9.89. The quantitative estimate of drug-likeness (QED) is 0.525. The molecule has 1 aromatic rings. The van der Waals surface area contributed by atoms with E-state index in [1.807, 2.05) is 19.9 Å². The molecule has 0 aliphatic carbocycles. The molecule has 0 bridgehead atoms. The first-order valence-electron chi connectivity index (χ1n) is 7.26. The average molecular weight is 263 g/mol. The summed E-state index contributed by atoms with van der Waals surface area (Å²) in [4.78, 5) is 16.1. The first-order chi connectivity index (χ1) is 9.19. The molecule has 0 fully saturated rings. The van der Waals surface area contributed by atoms with Gasteiger partial charge in [-0.15, -0.1) is 0 Å². The van der Waals surface area contributed by atoms with Gasteiger partial charge in [0.15, 0.2) is 0 Å². The van der Waals surface area contributed by atoms with Crippen LogP contribution < -0.4 is 0 Å². The first kappa shape index (κ1) is 15.7. The summed E-state index contributed by atoms with van der Waals surface area (Å²) in [5.74, 6) is 0.131. The summed E-state index contributed by atoms with van der Waals surface area (Å²) < 4.78 is 5.08. The van der Waals surface area contributed by atoms with E-state index in [2.05, 4.69) is 18.0 Å². The first-order valence-corrected chi connectivity index (χ1v) is 7.26. The number of unbranched alkanes of at least 4 members (excludes halogenated alkanes) is 2. The van der Waals surface area contributed by atoms with Crippen LogP contribution in [0.1, 0.15) is 63.1 Å². The van der Waals surface area contributed by atoms with Crippen molar-refractivity contribution < 1.29 is 9.53 Å². The van der Waals surface area contributed by atoms with Gasteiger partial charge in [0.25, 0.3) is 0 Å². The molecule has 1 aromatic heterocycles. The molecule has 3 heteroatoms. The van der Waals surface area contributed by atoms with Crippen molar-refractivity contribution in [2.75, 3.05) is 6.61 Å². The Hall–Kier alpha value is -1.38. The molecule has 0 aliphatic heterocycles. The Morgan fingerprint density at radius 2 is 2.16 bits per heavy atom. The van der Waals surface area contributed by atoms with E-state index < -0.39 is 0 Å². The molecular formula is C16H25NO2. The fourth-order valence-corrected chi connectivity index (χ4v) is 2.36. The predicted octanol–water partition coefficient (Wildman–Crippen LogP) is 4.01. The van der Waals surface area contributed by atoms with Crippen LogP contribution in [0.2, 0.25) is 0 Å². The van der Waals surface area contributed by atoms with E-state index >= 15 is 0 Å². The van der Waals surface area contributed by atoms with Gasteiger partial charge in [0.1, 0.15) is 0 Å². The highest BCUT2D eigenvalue weighted by molar-refractivity contribution is 5.70. The number of aromatic nitrogens is 1. The van der Waals surface area contributed by atoms with Crippen molar-refractivity contribution in [2.24, 2.45) is 0 Å². The van der Waals surface area contributed by atoms with Gasteiger partial charge in [-0.2, -0.15) is 0 Å². The van der Waals surface area contributed by atoms with Crippen molar-refractivity contribution in [1.29, 1.82) is 0 Å². The highest BCUT2D eigenvalue weighted by Crippen LogP contribution is 2.28. The molecule has 0 radical (unpaired) electrons. The van der Waals surface area contributed by atoms with E-state index in [1.54, 1.807) is 6.20 Å². The largest absolute Gasteiger partial charge is 0.466 e. The van der Waals surface area contributed by atoms with Gasteiger partial charge in [0.2, 0.25) is 0 Å². The normalized spacial score (nSPS) is 12.2. The standard InChI is InChI=1S/C16H25NO2/c1-4-6-7-9-14(12-16(18)19-5-2)15-10-8-11-17-13(15)3/h8,10-11,14H,4-7,9,12H2,1-3H3. The summed E-state index contributed by atoms with van der Waals surface area (Å²) in [5, 5.41) is 0. The van der Waals surface area contributed by atoms with Gasteiger partial charge in [-0.05, 0) is 37.8 Å². The second kappa shape index (κ2) is 8.68. The molecule has 3 nitrogen and oxygen atoms in total. The Morgan fingerprint density at radius 1 is 1.37 bits per heavy atom. The molecule has 1 atom stereocenters. The third-order valence-electron chi connectivity index (χ3n) is 3.36. The summed E-state index contributed by atoms with van der Waals surface area (Å²) in [5.41, 5.74) is 2.21. The average Bonchev–Trinajstić information content (AvgIpc) is 2.39. The fourth-order valence-electron chi connectivity index (χ4n) is 2.36. The van der Waals surface area contributed by atoms with Crippen LogP contribution >= 0.6 is 0 Å². The second-order valence-corrected chi connectivity index (χ2v) is 4.88. The van der Waals surface area contributed by atoms with Crippen molar-refractivity contribution in [3.05, 3.63) is 29.6 Å². The smallest absolute Gasteiger partial charge is 0.306 e. The van der Waals surface area contributed by atoms with Crippen molar-refractivity contribution in [3.8, 4) is 0 Å². The minimum absolute atomic E-state index is 0.104.